The molecule has 0 aliphatic carbocycles. The summed E-state index contributed by atoms with van der Waals surface area (Å²) in [5.41, 5.74) is 3.44. The summed E-state index contributed by atoms with van der Waals surface area (Å²) in [6, 6.07) is 8.52. The van der Waals surface area contributed by atoms with Crippen LogP contribution in [0.1, 0.15) is 35.9 Å². The van der Waals surface area contributed by atoms with E-state index in [9.17, 15) is 0 Å². The molecule has 1 aliphatic rings. The lowest BCUT2D eigenvalue weighted by Gasteiger charge is -2.21. The molecule has 2 aromatic heterocycles. The maximum atomic E-state index is 5.88. The molecule has 1 aliphatic heterocycles. The fourth-order valence-corrected chi connectivity index (χ4v) is 3.31. The van der Waals surface area contributed by atoms with E-state index in [4.69, 9.17) is 4.42 Å². The van der Waals surface area contributed by atoms with Crippen LogP contribution in [0.5, 0.6) is 0 Å². The van der Waals surface area contributed by atoms with Crippen LogP contribution in [-0.4, -0.2) is 31.4 Å². The third kappa shape index (κ3) is 2.97. The van der Waals surface area contributed by atoms with Crippen molar-refractivity contribution in [1.82, 2.24) is 24.9 Å². The van der Waals surface area contributed by atoms with Crippen LogP contribution in [0.15, 0.2) is 41.1 Å². The van der Waals surface area contributed by atoms with Gasteiger partial charge in [-0.1, -0.05) is 17.7 Å². The van der Waals surface area contributed by atoms with E-state index in [1.54, 1.807) is 0 Å². The van der Waals surface area contributed by atoms with Gasteiger partial charge in [-0.15, -0.1) is 10.2 Å². The van der Waals surface area contributed by atoms with Gasteiger partial charge in [0, 0.05) is 30.4 Å². The molecule has 3 aromatic rings. The number of nitrogens with zero attached hydrogens (tertiary/aromatic N) is 5. The van der Waals surface area contributed by atoms with Gasteiger partial charge in [0.15, 0.2) is 0 Å². The molecule has 1 atom stereocenters. The Balaban J connectivity index is 1.50. The molecule has 0 spiro atoms. The van der Waals surface area contributed by atoms with Crippen molar-refractivity contribution in [3.8, 4) is 11.5 Å². The zero-order valence-corrected chi connectivity index (χ0v) is 14.0. The standard InChI is InChI=1S/C18H21N5O/c1-13-5-7-14(8-6-13)18-21-20-17(24-18)12-23-9-3-4-16(23)15-10-19-22(2)11-15/h5-8,10-11,16H,3-4,9,12H2,1-2H3/t16-/m0/s1. The Morgan fingerprint density at radius 3 is 2.79 bits per heavy atom. The molecule has 0 unspecified atom stereocenters. The van der Waals surface area contributed by atoms with Gasteiger partial charge >= 0.3 is 0 Å². The van der Waals surface area contributed by atoms with E-state index in [1.165, 1.54) is 17.5 Å². The van der Waals surface area contributed by atoms with E-state index in [-0.39, 0.29) is 0 Å². The van der Waals surface area contributed by atoms with Gasteiger partial charge in [0.05, 0.1) is 12.7 Å². The average molecular weight is 323 g/mol. The van der Waals surface area contributed by atoms with Crippen LogP contribution in [0.3, 0.4) is 0 Å². The number of hydrogen-bond acceptors (Lipinski definition) is 5. The maximum Gasteiger partial charge on any atom is 0.247 e. The van der Waals surface area contributed by atoms with Crippen molar-refractivity contribution in [3.63, 3.8) is 0 Å². The number of aromatic nitrogens is 4. The molecule has 1 saturated heterocycles. The van der Waals surface area contributed by atoms with Crippen LogP contribution in [0, 0.1) is 6.92 Å². The molecule has 124 valence electrons. The first-order valence-corrected chi connectivity index (χ1v) is 8.31. The van der Waals surface area contributed by atoms with Gasteiger partial charge in [0.2, 0.25) is 11.8 Å². The lowest BCUT2D eigenvalue weighted by Crippen LogP contribution is -2.22. The van der Waals surface area contributed by atoms with Gasteiger partial charge in [-0.25, -0.2) is 0 Å². The molecule has 6 heteroatoms. The number of likely N-dealkylation sites (tertiary alicyclic amines) is 1. The number of aryl methyl sites for hydroxylation is 2. The van der Waals surface area contributed by atoms with Gasteiger partial charge in [-0.3, -0.25) is 9.58 Å². The second-order valence-corrected chi connectivity index (χ2v) is 6.44. The highest BCUT2D eigenvalue weighted by molar-refractivity contribution is 5.52. The van der Waals surface area contributed by atoms with Crippen LogP contribution in [-0.2, 0) is 13.6 Å². The van der Waals surface area contributed by atoms with E-state index in [0.717, 1.165) is 18.5 Å². The van der Waals surface area contributed by atoms with Crippen LogP contribution in [0.2, 0.25) is 0 Å². The van der Waals surface area contributed by atoms with Crippen molar-refractivity contribution in [2.24, 2.45) is 7.05 Å². The third-order valence-corrected chi connectivity index (χ3v) is 4.58. The predicted molar refractivity (Wildman–Crippen MR) is 90.1 cm³/mol. The molecular weight excluding hydrogens is 302 g/mol. The molecule has 0 bridgehead atoms. The normalized spacial score (nSPS) is 18.3. The minimum Gasteiger partial charge on any atom is -0.419 e. The smallest absolute Gasteiger partial charge is 0.247 e. The minimum atomic E-state index is 0.383. The molecule has 4 rings (SSSR count). The van der Waals surface area contributed by atoms with Crippen molar-refractivity contribution < 1.29 is 4.42 Å². The summed E-state index contributed by atoms with van der Waals surface area (Å²) >= 11 is 0. The van der Waals surface area contributed by atoms with Crippen molar-refractivity contribution in [2.45, 2.75) is 32.4 Å². The fourth-order valence-electron chi connectivity index (χ4n) is 3.31. The summed E-state index contributed by atoms with van der Waals surface area (Å²) in [6.45, 7) is 3.79. The summed E-state index contributed by atoms with van der Waals surface area (Å²) < 4.78 is 7.73. The van der Waals surface area contributed by atoms with Gasteiger partial charge < -0.3 is 4.42 Å². The lowest BCUT2D eigenvalue weighted by atomic mass is 10.1. The molecule has 3 heterocycles. The molecular formula is C18H21N5O. The van der Waals surface area contributed by atoms with Gasteiger partial charge in [0.1, 0.15) is 0 Å². The van der Waals surface area contributed by atoms with Gasteiger partial charge in [-0.2, -0.15) is 5.10 Å². The van der Waals surface area contributed by atoms with Crippen LogP contribution in [0.25, 0.3) is 11.5 Å². The highest BCUT2D eigenvalue weighted by Gasteiger charge is 2.28. The van der Waals surface area contributed by atoms with E-state index < -0.39 is 0 Å². The zero-order chi connectivity index (χ0) is 16.5. The molecule has 0 saturated carbocycles. The number of rotatable bonds is 4. The molecule has 1 aromatic carbocycles. The van der Waals surface area contributed by atoms with E-state index in [1.807, 2.05) is 30.1 Å². The first-order chi connectivity index (χ1) is 11.7. The molecule has 0 N–H and O–H groups in total. The topological polar surface area (TPSA) is 60.0 Å². The van der Waals surface area contributed by atoms with Crippen molar-refractivity contribution >= 4 is 0 Å². The maximum absolute atomic E-state index is 5.88. The van der Waals surface area contributed by atoms with Crippen LogP contribution >= 0.6 is 0 Å². The highest BCUT2D eigenvalue weighted by Crippen LogP contribution is 2.33. The molecule has 0 amide bonds. The third-order valence-electron chi connectivity index (χ3n) is 4.58. The molecule has 24 heavy (non-hydrogen) atoms. The second-order valence-electron chi connectivity index (χ2n) is 6.44. The fraction of sp³-hybridized carbons (Fsp3) is 0.389. The van der Waals surface area contributed by atoms with E-state index in [2.05, 4.69) is 45.4 Å². The summed E-state index contributed by atoms with van der Waals surface area (Å²) in [5.74, 6) is 1.25. The minimum absolute atomic E-state index is 0.383. The Kier molecular flexibility index (Phi) is 3.90. The molecule has 0 radical (unpaired) electrons. The Labute approximate surface area is 141 Å². The summed E-state index contributed by atoms with van der Waals surface area (Å²) in [4.78, 5) is 2.39. The Morgan fingerprint density at radius 1 is 1.21 bits per heavy atom. The zero-order valence-electron chi connectivity index (χ0n) is 14.0. The van der Waals surface area contributed by atoms with E-state index >= 15 is 0 Å². The number of benzene rings is 1. The van der Waals surface area contributed by atoms with Crippen molar-refractivity contribution in [3.05, 3.63) is 53.7 Å². The Hall–Kier alpha value is -2.47. The van der Waals surface area contributed by atoms with Crippen molar-refractivity contribution in [2.75, 3.05) is 6.54 Å². The Morgan fingerprint density at radius 2 is 2.04 bits per heavy atom. The quantitative estimate of drug-likeness (QED) is 0.738. The SMILES string of the molecule is Cc1ccc(-c2nnc(CN3CCC[C@H]3c3cnn(C)c3)o2)cc1. The molecule has 6 nitrogen and oxygen atoms in total. The van der Waals surface area contributed by atoms with Gasteiger partial charge in [-0.05, 0) is 38.4 Å². The predicted octanol–water partition coefficient (Wildman–Crippen LogP) is 3.12. The highest BCUT2D eigenvalue weighted by atomic mass is 16.4. The average Bonchev–Trinajstić information content (AvgIpc) is 3.30. The Bertz CT molecular complexity index is 820. The summed E-state index contributed by atoms with van der Waals surface area (Å²) in [5, 5.41) is 12.7. The largest absolute Gasteiger partial charge is 0.419 e. The monoisotopic (exact) mass is 323 g/mol. The summed E-state index contributed by atoms with van der Waals surface area (Å²) in [7, 11) is 1.95. The lowest BCUT2D eigenvalue weighted by molar-refractivity contribution is 0.224. The number of hydrogen-bond donors (Lipinski definition) is 0. The summed E-state index contributed by atoms with van der Waals surface area (Å²) in [6.07, 6.45) is 6.37. The van der Waals surface area contributed by atoms with Crippen LogP contribution < -0.4 is 0 Å². The molecule has 1 fully saturated rings. The van der Waals surface area contributed by atoms with Crippen LogP contribution in [0.4, 0.5) is 0 Å². The second kappa shape index (κ2) is 6.20. The first kappa shape index (κ1) is 15.1. The van der Waals surface area contributed by atoms with Crippen molar-refractivity contribution in [1.29, 1.82) is 0 Å². The first-order valence-electron chi connectivity index (χ1n) is 8.31. The van der Waals surface area contributed by atoms with Gasteiger partial charge in [0.25, 0.3) is 0 Å². The van der Waals surface area contributed by atoms with E-state index in [0.29, 0.717) is 24.4 Å².